The van der Waals surface area contributed by atoms with Gasteiger partial charge in [-0.3, -0.25) is 0 Å². The summed E-state index contributed by atoms with van der Waals surface area (Å²) < 4.78 is 16.4. The molecule has 0 unspecified atom stereocenters. The molecule has 1 heterocycles. The first kappa shape index (κ1) is 18.7. The summed E-state index contributed by atoms with van der Waals surface area (Å²) in [5.74, 6) is -0.892. The highest BCUT2D eigenvalue weighted by molar-refractivity contribution is 5.68. The van der Waals surface area contributed by atoms with E-state index in [0.717, 1.165) is 12.8 Å². The van der Waals surface area contributed by atoms with E-state index in [0.29, 0.717) is 26.3 Å². The van der Waals surface area contributed by atoms with Crippen molar-refractivity contribution in [2.45, 2.75) is 46.0 Å². The Bertz CT molecular complexity index is 521. The lowest BCUT2D eigenvalue weighted by atomic mass is 9.81. The third-order valence-corrected chi connectivity index (χ3v) is 4.62. The molecular weight excluding hydrogens is 306 g/mol. The fourth-order valence-corrected chi connectivity index (χ4v) is 2.68. The van der Waals surface area contributed by atoms with Gasteiger partial charge in [0, 0.05) is 34.0 Å². The second-order valence-corrected chi connectivity index (χ2v) is 7.25. The number of nitrogens with zero attached hydrogens (tertiary/aromatic N) is 1. The summed E-state index contributed by atoms with van der Waals surface area (Å²) in [6.45, 7) is 8.39. The molecule has 1 aliphatic rings. The summed E-state index contributed by atoms with van der Waals surface area (Å²) in [6, 6.07) is 10.2. The highest BCUT2D eigenvalue weighted by atomic mass is 16.7. The zero-order valence-electron chi connectivity index (χ0n) is 15.2. The van der Waals surface area contributed by atoms with E-state index in [2.05, 4.69) is 19.1 Å². The van der Waals surface area contributed by atoms with Crippen molar-refractivity contribution in [1.29, 1.82) is 0 Å². The van der Waals surface area contributed by atoms with Crippen LogP contribution in [0.4, 0.5) is 4.79 Å². The lowest BCUT2D eigenvalue weighted by Gasteiger charge is -2.39. The summed E-state index contributed by atoms with van der Waals surface area (Å²) in [7, 11) is 1.53. The minimum Gasteiger partial charge on any atom is -0.417 e. The molecule has 5 heteroatoms. The van der Waals surface area contributed by atoms with Crippen LogP contribution < -0.4 is 0 Å². The molecule has 0 spiro atoms. The molecule has 1 aliphatic heterocycles. The van der Waals surface area contributed by atoms with E-state index in [-0.39, 0.29) is 11.5 Å². The van der Waals surface area contributed by atoms with Gasteiger partial charge in [-0.25, -0.2) is 4.79 Å². The van der Waals surface area contributed by atoms with Crippen LogP contribution in [0.5, 0.6) is 0 Å². The third-order valence-electron chi connectivity index (χ3n) is 4.62. The topological polar surface area (TPSA) is 48.0 Å². The Morgan fingerprint density at radius 2 is 1.83 bits per heavy atom. The van der Waals surface area contributed by atoms with Crippen LogP contribution in [-0.4, -0.2) is 43.6 Å². The van der Waals surface area contributed by atoms with E-state index in [9.17, 15) is 4.79 Å². The Morgan fingerprint density at radius 3 is 2.42 bits per heavy atom. The van der Waals surface area contributed by atoms with Crippen LogP contribution in [0.2, 0.25) is 0 Å². The highest BCUT2D eigenvalue weighted by Gasteiger charge is 2.34. The molecule has 0 atom stereocenters. The SMILES string of the molecule is COC(C)(C)OC(=O)N1CCC(C)(COCc2ccccc2)CC1. The molecule has 5 nitrogen and oxygen atoms in total. The molecule has 1 saturated heterocycles. The zero-order chi connectivity index (χ0) is 17.6. The Balaban J connectivity index is 1.75. The molecule has 1 aromatic rings. The lowest BCUT2D eigenvalue weighted by Crippen LogP contribution is -2.46. The van der Waals surface area contributed by atoms with Gasteiger partial charge >= 0.3 is 6.09 Å². The number of carbonyl (C=O) groups excluding carboxylic acids is 1. The van der Waals surface area contributed by atoms with Crippen LogP contribution >= 0.6 is 0 Å². The van der Waals surface area contributed by atoms with Crippen LogP contribution in [0, 0.1) is 5.41 Å². The maximum Gasteiger partial charge on any atom is 0.412 e. The lowest BCUT2D eigenvalue weighted by molar-refractivity contribution is -0.165. The predicted molar refractivity (Wildman–Crippen MR) is 92.6 cm³/mol. The Labute approximate surface area is 144 Å². The van der Waals surface area contributed by atoms with Gasteiger partial charge < -0.3 is 19.1 Å². The Morgan fingerprint density at radius 1 is 1.21 bits per heavy atom. The van der Waals surface area contributed by atoms with E-state index >= 15 is 0 Å². The minimum atomic E-state index is -0.892. The summed E-state index contributed by atoms with van der Waals surface area (Å²) in [4.78, 5) is 13.9. The first-order valence-electron chi connectivity index (χ1n) is 8.48. The molecule has 0 N–H and O–H groups in total. The normalized spacial score (nSPS) is 17.6. The molecule has 0 bridgehead atoms. The van der Waals surface area contributed by atoms with Crippen LogP contribution in [-0.2, 0) is 20.8 Å². The number of piperidine rings is 1. The van der Waals surface area contributed by atoms with Crippen molar-refractivity contribution >= 4 is 6.09 Å². The number of hydrogen-bond donors (Lipinski definition) is 0. The minimum absolute atomic E-state index is 0.0995. The van der Waals surface area contributed by atoms with Crippen molar-refractivity contribution in [2.75, 3.05) is 26.8 Å². The molecule has 0 saturated carbocycles. The van der Waals surface area contributed by atoms with Gasteiger partial charge in [-0.15, -0.1) is 0 Å². The fourth-order valence-electron chi connectivity index (χ4n) is 2.68. The maximum absolute atomic E-state index is 12.2. The van der Waals surface area contributed by atoms with Gasteiger partial charge in [0.15, 0.2) is 0 Å². The number of methoxy groups -OCH3 is 1. The van der Waals surface area contributed by atoms with E-state index in [1.807, 2.05) is 18.2 Å². The predicted octanol–water partition coefficient (Wildman–Crippen LogP) is 3.82. The molecule has 1 fully saturated rings. The quantitative estimate of drug-likeness (QED) is 0.742. The van der Waals surface area contributed by atoms with Gasteiger partial charge in [-0.05, 0) is 23.8 Å². The van der Waals surface area contributed by atoms with Crippen LogP contribution in [0.1, 0.15) is 39.2 Å². The standard InChI is InChI=1S/C19H29NO4/c1-18(2,22-4)24-17(21)20-12-10-19(3,11-13-20)15-23-14-16-8-6-5-7-9-16/h5-9H,10-15H2,1-4H3. The first-order chi connectivity index (χ1) is 11.3. The largest absolute Gasteiger partial charge is 0.417 e. The number of ether oxygens (including phenoxy) is 3. The van der Waals surface area contributed by atoms with Crippen molar-refractivity contribution in [3.05, 3.63) is 35.9 Å². The van der Waals surface area contributed by atoms with Gasteiger partial charge in [0.2, 0.25) is 5.79 Å². The molecule has 0 radical (unpaired) electrons. The second-order valence-electron chi connectivity index (χ2n) is 7.25. The zero-order valence-corrected chi connectivity index (χ0v) is 15.2. The van der Waals surface area contributed by atoms with Crippen molar-refractivity contribution in [2.24, 2.45) is 5.41 Å². The Kier molecular flexibility index (Phi) is 6.24. The summed E-state index contributed by atoms with van der Waals surface area (Å²) in [5.41, 5.74) is 1.28. The van der Waals surface area contributed by atoms with Crippen LogP contribution in [0.25, 0.3) is 0 Å². The fraction of sp³-hybridized carbons (Fsp3) is 0.632. The number of amides is 1. The van der Waals surface area contributed by atoms with Crippen molar-refractivity contribution in [3.63, 3.8) is 0 Å². The summed E-state index contributed by atoms with van der Waals surface area (Å²) in [6.07, 6.45) is 1.50. The monoisotopic (exact) mass is 335 g/mol. The molecule has 2 rings (SSSR count). The van der Waals surface area contributed by atoms with Gasteiger partial charge in [-0.2, -0.15) is 0 Å². The number of benzene rings is 1. The average Bonchev–Trinajstić information content (AvgIpc) is 2.56. The van der Waals surface area contributed by atoms with Crippen LogP contribution in [0.3, 0.4) is 0 Å². The highest BCUT2D eigenvalue weighted by Crippen LogP contribution is 2.32. The number of rotatable bonds is 6. The summed E-state index contributed by atoms with van der Waals surface area (Å²) >= 11 is 0. The van der Waals surface area contributed by atoms with Gasteiger partial charge in [0.25, 0.3) is 0 Å². The number of carbonyl (C=O) groups is 1. The molecular formula is C19H29NO4. The van der Waals surface area contributed by atoms with Crippen LogP contribution in [0.15, 0.2) is 30.3 Å². The van der Waals surface area contributed by atoms with Gasteiger partial charge in [-0.1, -0.05) is 37.3 Å². The second kappa shape index (κ2) is 7.99. The van der Waals surface area contributed by atoms with E-state index in [1.165, 1.54) is 12.7 Å². The van der Waals surface area contributed by atoms with E-state index < -0.39 is 5.79 Å². The molecule has 134 valence electrons. The molecule has 0 aromatic heterocycles. The van der Waals surface area contributed by atoms with Crippen molar-refractivity contribution in [1.82, 2.24) is 4.90 Å². The number of hydrogen-bond acceptors (Lipinski definition) is 4. The number of likely N-dealkylation sites (tertiary alicyclic amines) is 1. The van der Waals surface area contributed by atoms with Gasteiger partial charge in [0.05, 0.1) is 13.2 Å². The van der Waals surface area contributed by atoms with E-state index in [1.54, 1.807) is 18.7 Å². The summed E-state index contributed by atoms with van der Waals surface area (Å²) in [5, 5.41) is 0. The molecule has 0 aliphatic carbocycles. The van der Waals surface area contributed by atoms with Crippen molar-refractivity contribution < 1.29 is 19.0 Å². The van der Waals surface area contributed by atoms with E-state index in [4.69, 9.17) is 14.2 Å². The molecule has 1 aromatic carbocycles. The third kappa shape index (κ3) is 5.49. The first-order valence-corrected chi connectivity index (χ1v) is 8.48. The molecule has 24 heavy (non-hydrogen) atoms. The Hall–Kier alpha value is -1.59. The smallest absolute Gasteiger partial charge is 0.412 e. The van der Waals surface area contributed by atoms with Gasteiger partial charge in [0.1, 0.15) is 0 Å². The van der Waals surface area contributed by atoms with Crippen molar-refractivity contribution in [3.8, 4) is 0 Å². The average molecular weight is 335 g/mol. The maximum atomic E-state index is 12.2. The molecule has 1 amide bonds.